The Balaban J connectivity index is 1.78. The number of alkyl carbamates (subject to hydrolysis) is 1. The molecule has 6 nitrogen and oxygen atoms in total. The molecule has 0 aromatic heterocycles. The Morgan fingerprint density at radius 2 is 1.75 bits per heavy atom. The van der Waals surface area contributed by atoms with E-state index in [9.17, 15) is 9.18 Å². The summed E-state index contributed by atoms with van der Waals surface area (Å²) in [4.78, 5) is 12.3. The van der Waals surface area contributed by atoms with Gasteiger partial charge in [0.05, 0.1) is 11.2 Å². The van der Waals surface area contributed by atoms with Gasteiger partial charge in [0.2, 0.25) is 0 Å². The van der Waals surface area contributed by atoms with Gasteiger partial charge in [0, 0.05) is 23.4 Å². The Hall–Kier alpha value is -2.84. The first-order chi connectivity index (χ1) is 15.0. The SMILES string of the molecule is Cc1c(N)ccc(C=C(CNC(=O)OCc2ccccc2)B2OC(C)(C)C(C)(C)O2)c1F. The standard InChI is InChI=1S/C24H30BFN2O4/c1-16-20(27)12-11-18(21(16)26)13-19(25-31-23(2,3)24(4,5)32-25)14-28-22(29)30-15-17-9-7-6-8-10-17/h6-13H,14-15,27H2,1-5H3,(H,28,29). The van der Waals surface area contributed by atoms with Gasteiger partial charge in [-0.15, -0.1) is 0 Å². The van der Waals surface area contributed by atoms with Gasteiger partial charge < -0.3 is 25.1 Å². The van der Waals surface area contributed by atoms with Crippen molar-refractivity contribution in [2.24, 2.45) is 0 Å². The maximum absolute atomic E-state index is 14.8. The van der Waals surface area contributed by atoms with E-state index in [0.29, 0.717) is 22.3 Å². The van der Waals surface area contributed by atoms with E-state index in [0.717, 1.165) is 5.56 Å². The van der Waals surface area contributed by atoms with Crippen molar-refractivity contribution in [2.45, 2.75) is 52.4 Å². The summed E-state index contributed by atoms with van der Waals surface area (Å²) >= 11 is 0. The van der Waals surface area contributed by atoms with Gasteiger partial charge in [0.15, 0.2) is 0 Å². The van der Waals surface area contributed by atoms with Crippen LogP contribution in [0.2, 0.25) is 0 Å². The molecule has 3 N–H and O–H groups in total. The molecule has 1 aliphatic rings. The van der Waals surface area contributed by atoms with Crippen molar-refractivity contribution in [3.63, 3.8) is 0 Å². The summed E-state index contributed by atoms with van der Waals surface area (Å²) in [5.74, 6) is -0.425. The normalized spacial score (nSPS) is 17.3. The summed E-state index contributed by atoms with van der Waals surface area (Å²) in [5.41, 5.74) is 7.15. The van der Waals surface area contributed by atoms with Crippen molar-refractivity contribution in [3.8, 4) is 0 Å². The van der Waals surface area contributed by atoms with Gasteiger partial charge >= 0.3 is 13.2 Å². The Bertz CT molecular complexity index is 993. The molecule has 0 atom stereocenters. The van der Waals surface area contributed by atoms with Crippen LogP contribution in [0.1, 0.15) is 44.4 Å². The zero-order chi connectivity index (χ0) is 23.5. The lowest BCUT2D eigenvalue weighted by Crippen LogP contribution is -2.41. The largest absolute Gasteiger partial charge is 0.492 e. The minimum Gasteiger partial charge on any atom is -0.445 e. The first-order valence-corrected chi connectivity index (χ1v) is 10.6. The monoisotopic (exact) mass is 440 g/mol. The summed E-state index contributed by atoms with van der Waals surface area (Å²) in [6.45, 7) is 9.55. The van der Waals surface area contributed by atoms with Gasteiger partial charge in [0.1, 0.15) is 12.4 Å². The number of carbonyl (C=O) groups is 1. The van der Waals surface area contributed by atoms with Crippen LogP contribution in [0.15, 0.2) is 47.9 Å². The van der Waals surface area contributed by atoms with Crippen LogP contribution in [0, 0.1) is 12.7 Å². The molecule has 3 rings (SSSR count). The quantitative estimate of drug-likeness (QED) is 0.505. The zero-order valence-electron chi connectivity index (χ0n) is 19.2. The molecule has 0 spiro atoms. The molecule has 0 unspecified atom stereocenters. The fourth-order valence-corrected chi connectivity index (χ4v) is 3.18. The number of hydrogen-bond donors (Lipinski definition) is 2. The number of halogens is 1. The molecule has 0 saturated carbocycles. The van der Waals surface area contributed by atoms with E-state index in [1.807, 2.05) is 58.0 Å². The molecule has 1 aliphatic heterocycles. The van der Waals surface area contributed by atoms with E-state index in [1.165, 1.54) is 0 Å². The molecule has 32 heavy (non-hydrogen) atoms. The minimum atomic E-state index is -0.758. The molecular formula is C24H30BFN2O4. The van der Waals surface area contributed by atoms with Gasteiger partial charge in [-0.1, -0.05) is 42.5 Å². The van der Waals surface area contributed by atoms with E-state index >= 15 is 0 Å². The smallest absolute Gasteiger partial charge is 0.445 e. The van der Waals surface area contributed by atoms with Crippen LogP contribution in [0.4, 0.5) is 14.9 Å². The van der Waals surface area contributed by atoms with Crippen molar-refractivity contribution in [3.05, 3.63) is 70.4 Å². The molecule has 2 aromatic rings. The maximum Gasteiger partial charge on any atom is 0.492 e. The molecule has 8 heteroatoms. The highest BCUT2D eigenvalue weighted by Gasteiger charge is 2.52. The molecule has 1 fully saturated rings. The lowest BCUT2D eigenvalue weighted by Gasteiger charge is -2.32. The van der Waals surface area contributed by atoms with E-state index in [-0.39, 0.29) is 13.2 Å². The Morgan fingerprint density at radius 1 is 1.12 bits per heavy atom. The Kier molecular flexibility index (Phi) is 6.95. The van der Waals surface area contributed by atoms with Gasteiger partial charge in [0.25, 0.3) is 0 Å². The highest BCUT2D eigenvalue weighted by Crippen LogP contribution is 2.39. The first-order valence-electron chi connectivity index (χ1n) is 10.6. The highest BCUT2D eigenvalue weighted by atomic mass is 19.1. The van der Waals surface area contributed by atoms with Crippen LogP contribution in [-0.4, -0.2) is 31.0 Å². The van der Waals surface area contributed by atoms with E-state index in [1.54, 1.807) is 25.1 Å². The summed E-state index contributed by atoms with van der Waals surface area (Å²) in [5, 5.41) is 2.71. The van der Waals surface area contributed by atoms with E-state index < -0.39 is 30.2 Å². The number of carbonyl (C=O) groups excluding carboxylic acids is 1. The summed E-state index contributed by atoms with van der Waals surface area (Å²) < 4.78 is 32.3. The predicted molar refractivity (Wildman–Crippen MR) is 124 cm³/mol. The summed E-state index contributed by atoms with van der Waals surface area (Å²) in [6, 6.07) is 12.6. The van der Waals surface area contributed by atoms with Crippen LogP contribution in [0.3, 0.4) is 0 Å². The average molecular weight is 440 g/mol. The summed E-state index contributed by atoms with van der Waals surface area (Å²) in [6.07, 6.45) is 1.03. The average Bonchev–Trinajstić information content (AvgIpc) is 2.97. The lowest BCUT2D eigenvalue weighted by molar-refractivity contribution is 0.00578. The van der Waals surface area contributed by atoms with Crippen molar-refractivity contribution < 1.29 is 23.2 Å². The minimum absolute atomic E-state index is 0.0628. The highest BCUT2D eigenvalue weighted by molar-refractivity contribution is 6.56. The fourth-order valence-electron chi connectivity index (χ4n) is 3.18. The number of ether oxygens (including phenoxy) is 1. The second-order valence-corrected chi connectivity index (χ2v) is 8.91. The van der Waals surface area contributed by atoms with Crippen LogP contribution in [0.5, 0.6) is 0 Å². The zero-order valence-corrected chi connectivity index (χ0v) is 19.2. The van der Waals surface area contributed by atoms with E-state index in [4.69, 9.17) is 19.8 Å². The van der Waals surface area contributed by atoms with Crippen molar-refractivity contribution in [1.29, 1.82) is 0 Å². The number of amides is 1. The van der Waals surface area contributed by atoms with Crippen LogP contribution in [0.25, 0.3) is 6.08 Å². The van der Waals surface area contributed by atoms with Crippen LogP contribution < -0.4 is 11.1 Å². The van der Waals surface area contributed by atoms with Crippen LogP contribution >= 0.6 is 0 Å². The van der Waals surface area contributed by atoms with Gasteiger partial charge in [-0.25, -0.2) is 9.18 Å². The predicted octanol–water partition coefficient (Wildman–Crippen LogP) is 4.66. The van der Waals surface area contributed by atoms with Crippen molar-refractivity contribution >= 4 is 25.0 Å². The second kappa shape index (κ2) is 9.34. The van der Waals surface area contributed by atoms with Gasteiger partial charge in [-0.05, 0) is 51.7 Å². The number of benzene rings is 2. The maximum atomic E-state index is 14.8. The molecule has 2 aromatic carbocycles. The molecule has 0 aliphatic carbocycles. The van der Waals surface area contributed by atoms with Gasteiger partial charge in [-0.2, -0.15) is 0 Å². The van der Waals surface area contributed by atoms with Crippen molar-refractivity contribution in [2.75, 3.05) is 12.3 Å². The number of rotatable bonds is 6. The number of nitrogens with one attached hydrogen (secondary N) is 1. The number of hydrogen-bond acceptors (Lipinski definition) is 5. The Morgan fingerprint density at radius 3 is 2.38 bits per heavy atom. The molecular weight excluding hydrogens is 410 g/mol. The van der Waals surface area contributed by atoms with Gasteiger partial charge in [-0.3, -0.25) is 0 Å². The second-order valence-electron chi connectivity index (χ2n) is 8.91. The van der Waals surface area contributed by atoms with E-state index in [2.05, 4.69) is 5.32 Å². The molecule has 0 bridgehead atoms. The topological polar surface area (TPSA) is 82.8 Å². The third kappa shape index (κ3) is 5.31. The Labute approximate surface area is 189 Å². The first kappa shape index (κ1) is 23.8. The number of anilines is 1. The number of nitrogen functional groups attached to an aromatic ring is 1. The third-order valence-electron chi connectivity index (χ3n) is 6.00. The lowest BCUT2D eigenvalue weighted by atomic mass is 9.77. The number of nitrogens with two attached hydrogens (primary N) is 1. The molecule has 1 heterocycles. The molecule has 0 radical (unpaired) electrons. The van der Waals surface area contributed by atoms with Crippen LogP contribution in [-0.2, 0) is 20.7 Å². The summed E-state index contributed by atoms with van der Waals surface area (Å²) in [7, 11) is -0.758. The fraction of sp³-hybridized carbons (Fsp3) is 0.375. The molecule has 1 amide bonds. The molecule has 170 valence electrons. The van der Waals surface area contributed by atoms with Crippen molar-refractivity contribution in [1.82, 2.24) is 5.32 Å². The third-order valence-corrected chi connectivity index (χ3v) is 6.00. The molecule has 1 saturated heterocycles.